The van der Waals surface area contributed by atoms with Crippen LogP contribution in [0.4, 0.5) is 0 Å². The smallest absolute Gasteiger partial charge is 0.334 e. The number of carboxylic acids is 1. The maximum Gasteiger partial charge on any atom is 0.334 e. The van der Waals surface area contributed by atoms with Crippen molar-refractivity contribution in [2.45, 2.75) is 50.7 Å². The molecule has 0 spiro atoms. The van der Waals surface area contributed by atoms with E-state index >= 15 is 0 Å². The molecule has 1 aromatic rings. The van der Waals surface area contributed by atoms with Crippen LogP contribution in [0.5, 0.6) is 5.75 Å². The van der Waals surface area contributed by atoms with E-state index in [0.717, 1.165) is 24.2 Å². The Balaban J connectivity index is 1.76. The molecule has 1 aromatic carbocycles. The lowest BCUT2D eigenvalue weighted by molar-refractivity contribution is -0.148. The van der Waals surface area contributed by atoms with Crippen LogP contribution in [0.2, 0.25) is 0 Å². The molecule has 6 nitrogen and oxygen atoms in total. The molecule has 1 aliphatic rings. The van der Waals surface area contributed by atoms with Crippen LogP contribution in [0, 0.1) is 0 Å². The second-order valence-corrected chi connectivity index (χ2v) is 6.04. The van der Waals surface area contributed by atoms with Gasteiger partial charge in [0.25, 0.3) is 0 Å². The summed E-state index contributed by atoms with van der Waals surface area (Å²) in [7, 11) is 1.31. The zero-order valence-corrected chi connectivity index (χ0v) is 14.0. The Morgan fingerprint density at radius 1 is 1.33 bits per heavy atom. The summed E-state index contributed by atoms with van der Waals surface area (Å²) < 4.78 is 10.7. The van der Waals surface area contributed by atoms with E-state index in [9.17, 15) is 9.59 Å². The fraction of sp³-hybridized carbons (Fsp3) is 0.556. The monoisotopic (exact) mass is 335 g/mol. The maximum absolute atomic E-state index is 11.8. The van der Waals surface area contributed by atoms with E-state index in [-0.39, 0.29) is 12.5 Å². The predicted octanol–water partition coefficient (Wildman–Crippen LogP) is 2.16. The molecule has 6 heteroatoms. The Morgan fingerprint density at radius 2 is 2.08 bits per heavy atom. The topological polar surface area (TPSA) is 84.9 Å². The molecule has 2 rings (SSSR count). The Morgan fingerprint density at radius 3 is 2.75 bits per heavy atom. The lowest BCUT2D eigenvalue weighted by atomic mass is 10.1. The zero-order chi connectivity index (χ0) is 17.4. The molecule has 0 bridgehead atoms. The van der Waals surface area contributed by atoms with Crippen molar-refractivity contribution < 1.29 is 24.2 Å². The number of aryl methyl sites for hydroxylation is 1. The first-order valence-electron chi connectivity index (χ1n) is 8.36. The van der Waals surface area contributed by atoms with Crippen LogP contribution in [0.3, 0.4) is 0 Å². The average Bonchev–Trinajstić information content (AvgIpc) is 3.06. The number of carboxylic acid groups (broad SMARTS) is 1. The third-order valence-corrected chi connectivity index (χ3v) is 4.19. The van der Waals surface area contributed by atoms with Gasteiger partial charge >= 0.3 is 5.97 Å². The highest BCUT2D eigenvalue weighted by atomic mass is 16.5. The highest BCUT2D eigenvalue weighted by Crippen LogP contribution is 2.24. The number of hydrogen-bond acceptors (Lipinski definition) is 4. The molecule has 0 aromatic heterocycles. The molecule has 1 amide bonds. The van der Waals surface area contributed by atoms with Gasteiger partial charge in [-0.15, -0.1) is 0 Å². The first-order chi connectivity index (χ1) is 11.6. The molecule has 2 N–H and O–H groups in total. The van der Waals surface area contributed by atoms with Crippen molar-refractivity contribution in [2.24, 2.45) is 0 Å². The number of nitrogens with one attached hydrogen (secondary N) is 1. The third-order valence-electron chi connectivity index (χ3n) is 4.19. The van der Waals surface area contributed by atoms with E-state index in [1.165, 1.54) is 20.0 Å². The number of hydrogen-bond donors (Lipinski definition) is 2. The van der Waals surface area contributed by atoms with Crippen molar-refractivity contribution >= 4 is 11.9 Å². The van der Waals surface area contributed by atoms with Gasteiger partial charge in [-0.25, -0.2) is 4.79 Å². The number of aliphatic carboxylic acids is 1. The van der Waals surface area contributed by atoms with Gasteiger partial charge in [0.15, 0.2) is 6.10 Å². The van der Waals surface area contributed by atoms with Crippen molar-refractivity contribution in [1.29, 1.82) is 0 Å². The van der Waals surface area contributed by atoms with Crippen LogP contribution in [-0.4, -0.2) is 42.8 Å². The normalized spacial score (nSPS) is 15.9. The standard InChI is InChI=1S/C18H25NO5/c1-23-16(18(21)22)12-19-17(20)10-9-13-5-4-8-15(11-13)24-14-6-2-3-7-14/h4-5,8,11,14,16H,2-3,6-7,9-10,12H2,1H3,(H,19,20)(H,21,22). The minimum atomic E-state index is -1.09. The number of rotatable bonds is 9. The number of amides is 1. The number of methoxy groups -OCH3 is 1. The van der Waals surface area contributed by atoms with Gasteiger partial charge in [0.1, 0.15) is 5.75 Å². The van der Waals surface area contributed by atoms with E-state index in [1.54, 1.807) is 0 Å². The minimum absolute atomic E-state index is 0.0322. The largest absolute Gasteiger partial charge is 0.490 e. The summed E-state index contributed by atoms with van der Waals surface area (Å²) >= 11 is 0. The summed E-state index contributed by atoms with van der Waals surface area (Å²) in [5, 5.41) is 11.4. The Labute approximate surface area is 142 Å². The van der Waals surface area contributed by atoms with Crippen LogP contribution >= 0.6 is 0 Å². The van der Waals surface area contributed by atoms with Crippen molar-refractivity contribution in [2.75, 3.05) is 13.7 Å². The molecule has 1 aliphatic carbocycles. The van der Waals surface area contributed by atoms with Crippen LogP contribution < -0.4 is 10.1 Å². The van der Waals surface area contributed by atoms with Gasteiger partial charge in [-0.05, 0) is 49.8 Å². The molecule has 132 valence electrons. The average molecular weight is 335 g/mol. The van der Waals surface area contributed by atoms with Crippen molar-refractivity contribution in [3.05, 3.63) is 29.8 Å². The van der Waals surface area contributed by atoms with E-state index in [0.29, 0.717) is 18.9 Å². The van der Waals surface area contributed by atoms with Crippen LogP contribution in [0.25, 0.3) is 0 Å². The van der Waals surface area contributed by atoms with Crippen LogP contribution in [0.15, 0.2) is 24.3 Å². The lowest BCUT2D eigenvalue weighted by Crippen LogP contribution is -2.37. The third kappa shape index (κ3) is 5.85. The van der Waals surface area contributed by atoms with Gasteiger partial charge in [0.05, 0.1) is 12.6 Å². The molecule has 1 fully saturated rings. The molecule has 0 aliphatic heterocycles. The van der Waals surface area contributed by atoms with Crippen molar-refractivity contribution in [3.63, 3.8) is 0 Å². The van der Waals surface area contributed by atoms with Gasteiger partial charge in [-0.2, -0.15) is 0 Å². The highest BCUT2D eigenvalue weighted by Gasteiger charge is 2.18. The maximum atomic E-state index is 11.8. The van der Waals surface area contributed by atoms with E-state index < -0.39 is 12.1 Å². The molecule has 1 atom stereocenters. The highest BCUT2D eigenvalue weighted by molar-refractivity contribution is 5.78. The van der Waals surface area contributed by atoms with Crippen molar-refractivity contribution in [1.82, 2.24) is 5.32 Å². The zero-order valence-electron chi connectivity index (χ0n) is 14.0. The molecular formula is C18H25NO5. The fourth-order valence-electron chi connectivity index (χ4n) is 2.80. The summed E-state index contributed by atoms with van der Waals surface area (Å²) in [6.07, 6.45) is 4.84. The van der Waals surface area contributed by atoms with Gasteiger partial charge in [-0.3, -0.25) is 4.79 Å². The van der Waals surface area contributed by atoms with E-state index in [1.807, 2.05) is 24.3 Å². The van der Waals surface area contributed by atoms with Crippen LogP contribution in [0.1, 0.15) is 37.7 Å². The Hall–Kier alpha value is -2.08. The molecule has 1 saturated carbocycles. The second kappa shape index (κ2) is 9.27. The molecule has 1 unspecified atom stereocenters. The number of carbonyl (C=O) groups is 2. The van der Waals surface area contributed by atoms with Crippen molar-refractivity contribution in [3.8, 4) is 5.75 Å². The van der Waals surface area contributed by atoms with Gasteiger partial charge in [0.2, 0.25) is 5.91 Å². The second-order valence-electron chi connectivity index (χ2n) is 6.04. The quantitative estimate of drug-likeness (QED) is 0.722. The minimum Gasteiger partial charge on any atom is -0.490 e. The molecule has 0 saturated heterocycles. The summed E-state index contributed by atoms with van der Waals surface area (Å²) in [6.45, 7) is -0.0322. The number of ether oxygens (including phenoxy) is 2. The van der Waals surface area contributed by atoms with Gasteiger partial charge in [0, 0.05) is 13.5 Å². The molecular weight excluding hydrogens is 310 g/mol. The predicted molar refractivity (Wildman–Crippen MR) is 89.1 cm³/mol. The lowest BCUT2D eigenvalue weighted by Gasteiger charge is -2.14. The summed E-state index contributed by atoms with van der Waals surface area (Å²) in [6, 6.07) is 7.81. The fourth-order valence-corrected chi connectivity index (χ4v) is 2.80. The Bertz CT molecular complexity index is 554. The molecule has 0 radical (unpaired) electrons. The SMILES string of the molecule is COC(CNC(=O)CCc1cccc(OC2CCCC2)c1)C(=O)O. The van der Waals surface area contributed by atoms with Gasteiger partial charge < -0.3 is 19.9 Å². The van der Waals surface area contributed by atoms with E-state index in [4.69, 9.17) is 14.6 Å². The summed E-state index contributed by atoms with van der Waals surface area (Å²) in [5.41, 5.74) is 1.03. The number of carbonyl (C=O) groups excluding carboxylic acids is 1. The summed E-state index contributed by atoms with van der Waals surface area (Å²) in [4.78, 5) is 22.6. The Kier molecular flexibility index (Phi) is 7.06. The number of benzene rings is 1. The summed E-state index contributed by atoms with van der Waals surface area (Å²) in [5.74, 6) is -0.430. The molecule has 0 heterocycles. The molecule has 24 heavy (non-hydrogen) atoms. The van der Waals surface area contributed by atoms with Crippen LogP contribution in [-0.2, 0) is 20.7 Å². The first kappa shape index (κ1) is 18.3. The van der Waals surface area contributed by atoms with Gasteiger partial charge in [-0.1, -0.05) is 12.1 Å². The first-order valence-corrected chi connectivity index (χ1v) is 8.36. The van der Waals surface area contributed by atoms with E-state index in [2.05, 4.69) is 5.32 Å².